The van der Waals surface area contributed by atoms with Crippen molar-refractivity contribution in [2.45, 2.75) is 25.4 Å². The van der Waals surface area contributed by atoms with Crippen molar-refractivity contribution in [3.05, 3.63) is 16.7 Å². The number of rotatable bonds is 8. The zero-order valence-electron chi connectivity index (χ0n) is 16.2. The summed E-state index contributed by atoms with van der Waals surface area (Å²) >= 11 is 0. The van der Waals surface area contributed by atoms with Gasteiger partial charge in [0.25, 0.3) is 5.56 Å². The number of nitrogen functional groups attached to an aromatic ring is 1. The van der Waals surface area contributed by atoms with E-state index in [1.54, 1.807) is 0 Å². The minimum atomic E-state index is -5.06. The number of fused-ring (bicyclic) bond motifs is 1. The van der Waals surface area contributed by atoms with Gasteiger partial charge in [0.2, 0.25) is 5.95 Å². The molecule has 0 amide bonds. The van der Waals surface area contributed by atoms with Crippen molar-refractivity contribution in [2.75, 3.05) is 18.2 Å². The third-order valence-electron chi connectivity index (χ3n) is 4.44. The minimum absolute atomic E-state index is 0.00562. The zero-order chi connectivity index (χ0) is 24.1. The summed E-state index contributed by atoms with van der Waals surface area (Å²) in [6.07, 6.45) is -2.67. The molecule has 0 radical (unpaired) electrons. The van der Waals surface area contributed by atoms with Crippen LogP contribution in [-0.2, 0) is 27.5 Å². The average molecular weight is 519 g/mol. The smallest absolute Gasteiger partial charge is 0.369 e. The maximum absolute atomic E-state index is 12.0. The molecule has 0 saturated carbocycles. The second-order valence-corrected chi connectivity index (χ2v) is 12.2. The number of nitrogens with zero attached hydrogens (tertiary/aromatic N) is 3. The molecular formula is C12H20N5O12P3. The van der Waals surface area contributed by atoms with E-state index in [2.05, 4.69) is 15.0 Å². The molecule has 20 heteroatoms. The van der Waals surface area contributed by atoms with Crippen LogP contribution in [0.1, 0.15) is 13.2 Å². The van der Waals surface area contributed by atoms with Crippen molar-refractivity contribution in [3.8, 4) is 0 Å². The van der Waals surface area contributed by atoms with Gasteiger partial charge in [0.1, 0.15) is 18.4 Å². The summed E-state index contributed by atoms with van der Waals surface area (Å²) in [5.74, 6) is -2.54. The summed E-state index contributed by atoms with van der Waals surface area (Å²) in [6, 6.07) is 0. The molecule has 17 nitrogen and oxygen atoms in total. The third kappa shape index (κ3) is 5.90. The number of phosphoric ester groups is 1. The maximum atomic E-state index is 12.0. The van der Waals surface area contributed by atoms with Crippen LogP contribution >= 0.6 is 23.0 Å². The number of nitrogens with two attached hydrogens (primary N) is 1. The average Bonchev–Trinajstić information content (AvgIpc) is 3.12. The van der Waals surface area contributed by atoms with Crippen molar-refractivity contribution >= 4 is 40.1 Å². The first-order valence-corrected chi connectivity index (χ1v) is 13.8. The van der Waals surface area contributed by atoms with Gasteiger partial charge in [-0.05, 0) is 0 Å². The van der Waals surface area contributed by atoms with E-state index in [1.807, 2.05) is 0 Å². The largest absolute Gasteiger partial charge is 0.469 e. The highest BCUT2D eigenvalue weighted by atomic mass is 31.2. The maximum Gasteiger partial charge on any atom is 0.469 e. The predicted molar refractivity (Wildman–Crippen MR) is 105 cm³/mol. The molecule has 2 aromatic heterocycles. The van der Waals surface area contributed by atoms with Crippen molar-refractivity contribution in [3.63, 3.8) is 0 Å². The Balaban J connectivity index is 1.91. The fraction of sp³-hybridized carbons (Fsp3) is 0.583. The number of H-pyrrole nitrogens is 1. The molecule has 32 heavy (non-hydrogen) atoms. The lowest BCUT2D eigenvalue weighted by Crippen LogP contribution is -2.31. The van der Waals surface area contributed by atoms with E-state index < -0.39 is 65.4 Å². The molecule has 3 rings (SSSR count). The van der Waals surface area contributed by atoms with Crippen LogP contribution in [-0.4, -0.2) is 68.7 Å². The highest BCUT2D eigenvalue weighted by Gasteiger charge is 2.48. The Hall–Kier alpha value is -1.48. The summed E-state index contributed by atoms with van der Waals surface area (Å²) < 4.78 is 50.8. The van der Waals surface area contributed by atoms with E-state index in [1.165, 1.54) is 17.8 Å². The Kier molecular flexibility index (Phi) is 6.84. The molecule has 3 unspecified atom stereocenters. The number of hydrogen-bond donors (Lipinski definition) is 7. The molecular weight excluding hydrogens is 499 g/mol. The van der Waals surface area contributed by atoms with Crippen molar-refractivity contribution in [1.29, 1.82) is 0 Å². The molecule has 3 heterocycles. The highest BCUT2D eigenvalue weighted by molar-refractivity contribution is 7.70. The van der Waals surface area contributed by atoms with Gasteiger partial charge in [0, 0.05) is 5.92 Å². The molecule has 5 atom stereocenters. The van der Waals surface area contributed by atoms with Crippen LogP contribution in [0.5, 0.6) is 0 Å². The predicted octanol–water partition coefficient (Wildman–Crippen LogP) is -0.950. The summed E-state index contributed by atoms with van der Waals surface area (Å²) in [5, 5.41) is 0. The van der Waals surface area contributed by atoms with Gasteiger partial charge >= 0.3 is 23.0 Å². The van der Waals surface area contributed by atoms with E-state index >= 15 is 0 Å². The lowest BCUT2D eigenvalue weighted by Gasteiger charge is -2.22. The van der Waals surface area contributed by atoms with Crippen LogP contribution in [0.15, 0.2) is 11.1 Å². The number of aromatic nitrogens is 4. The van der Waals surface area contributed by atoms with E-state index in [9.17, 15) is 33.2 Å². The Labute approximate surface area is 178 Å². The highest BCUT2D eigenvalue weighted by Crippen LogP contribution is 2.56. The van der Waals surface area contributed by atoms with Gasteiger partial charge in [0.05, 0.1) is 12.9 Å². The molecule has 0 aliphatic carbocycles. The minimum Gasteiger partial charge on any atom is -0.369 e. The second kappa shape index (κ2) is 8.70. The fourth-order valence-electron chi connectivity index (χ4n) is 3.25. The lowest BCUT2D eigenvalue weighted by molar-refractivity contribution is -0.0406. The van der Waals surface area contributed by atoms with E-state index in [0.717, 1.165) is 0 Å². The molecule has 8 N–H and O–H groups in total. The summed E-state index contributed by atoms with van der Waals surface area (Å²) in [6.45, 7) is 0.670. The molecule has 0 aromatic carbocycles. The van der Waals surface area contributed by atoms with E-state index in [0.29, 0.717) is 0 Å². The first-order valence-electron chi connectivity index (χ1n) is 8.69. The SMILES string of the molecule is CC1C(OP(=O)(O)O)[C@@H](COP(=O)(O)CP(=O)(O)O)O[C@H]1n1cnc2c(=O)[nH]c(N)nc21. The standard InChI is InChI=1S/C12H20N5O12P3/c1-5-8(29-32(24,25)26)6(2-27-31(22,23)4-30(19,20)21)28-11(5)17-3-14-7-9(17)15-12(13)16-10(7)18/h3,5-6,8,11H,2,4H2,1H3,(H,22,23)(H2,19,20,21)(H2,24,25,26)(H3,13,15,16,18)/t5?,6-,8?,11-/m1/s1. The van der Waals surface area contributed by atoms with Gasteiger partial charge < -0.3 is 39.5 Å². The van der Waals surface area contributed by atoms with Gasteiger partial charge in [-0.1, -0.05) is 6.92 Å². The molecule has 0 bridgehead atoms. The molecule has 1 aliphatic heterocycles. The Morgan fingerprint density at radius 3 is 2.50 bits per heavy atom. The van der Waals surface area contributed by atoms with E-state index in [4.69, 9.17) is 29.3 Å². The first-order chi connectivity index (χ1) is 14.6. The summed E-state index contributed by atoms with van der Waals surface area (Å²) in [7, 11) is -14.7. The van der Waals surface area contributed by atoms with Crippen molar-refractivity contribution in [1.82, 2.24) is 19.5 Å². The Morgan fingerprint density at radius 1 is 1.25 bits per heavy atom. The van der Waals surface area contributed by atoms with Crippen molar-refractivity contribution < 1.29 is 51.9 Å². The number of anilines is 1. The van der Waals surface area contributed by atoms with Crippen molar-refractivity contribution in [2.24, 2.45) is 5.92 Å². The molecule has 0 spiro atoms. The number of hydrogen-bond acceptors (Lipinski definition) is 10. The molecule has 1 saturated heterocycles. The summed E-state index contributed by atoms with van der Waals surface area (Å²) in [5.41, 5.74) is 4.81. The van der Waals surface area contributed by atoms with Crippen LogP contribution < -0.4 is 11.3 Å². The quantitative estimate of drug-likeness (QED) is 0.207. The van der Waals surface area contributed by atoms with Gasteiger partial charge in [0.15, 0.2) is 17.1 Å². The fourth-order valence-corrected chi connectivity index (χ4v) is 6.46. The van der Waals surface area contributed by atoms with Gasteiger partial charge in [-0.2, -0.15) is 4.98 Å². The zero-order valence-corrected chi connectivity index (χ0v) is 18.8. The number of phosphoric acid groups is 1. The second-order valence-electron chi connectivity index (χ2n) is 7.00. The topological polar surface area (TPSA) is 270 Å². The number of ether oxygens (including phenoxy) is 1. The first kappa shape index (κ1) is 25.1. The summed E-state index contributed by atoms with van der Waals surface area (Å²) in [4.78, 5) is 68.1. The van der Waals surface area contributed by atoms with Crippen LogP contribution in [0.4, 0.5) is 5.95 Å². The van der Waals surface area contributed by atoms with Crippen LogP contribution in [0.2, 0.25) is 0 Å². The van der Waals surface area contributed by atoms with Gasteiger partial charge in [-0.25, -0.2) is 9.55 Å². The molecule has 1 aliphatic rings. The Bertz CT molecular complexity index is 1200. The van der Waals surface area contributed by atoms with Gasteiger partial charge in [-0.15, -0.1) is 0 Å². The third-order valence-corrected chi connectivity index (χ3v) is 8.41. The molecule has 1 fully saturated rings. The van der Waals surface area contributed by atoms with Crippen LogP contribution in [0.25, 0.3) is 11.2 Å². The number of nitrogens with one attached hydrogen (secondary N) is 1. The normalized spacial score (nSPS) is 26.4. The van der Waals surface area contributed by atoms with Crippen LogP contribution in [0, 0.1) is 5.92 Å². The monoisotopic (exact) mass is 519 g/mol. The number of imidazole rings is 1. The Morgan fingerprint density at radius 2 is 1.91 bits per heavy atom. The van der Waals surface area contributed by atoms with E-state index in [-0.39, 0.29) is 17.1 Å². The lowest BCUT2D eigenvalue weighted by atomic mass is 10.0. The number of aromatic amines is 1. The van der Waals surface area contributed by atoms with Crippen LogP contribution in [0.3, 0.4) is 0 Å². The molecule has 2 aromatic rings. The van der Waals surface area contributed by atoms with Gasteiger partial charge in [-0.3, -0.25) is 28.0 Å². The molecule has 180 valence electrons.